The number of nitrogens with zero attached hydrogens (tertiary/aromatic N) is 3. The van der Waals surface area contributed by atoms with Gasteiger partial charge in [-0.15, -0.1) is 0 Å². The molecule has 7 nitrogen and oxygen atoms in total. The Hall–Kier alpha value is -1.58. The van der Waals surface area contributed by atoms with Crippen LogP contribution in [0.1, 0.15) is 51.4 Å². The molecule has 1 atom stereocenters. The maximum Gasteiger partial charge on any atom is 0.246 e. The maximum absolute atomic E-state index is 13.3. The standard InChI is InChI=1S/C18H24N4O3S2/c23-18(19-13-7-3-1-2-4-8-13)15-10-6-12-22(15)27(24,25)16-11-5-9-14-17(16)21-26-20-14/h5,9,11,13,15H,1-4,6-8,10,12H2,(H,19,23)/t15-/m0/s1. The van der Waals surface area contributed by atoms with E-state index in [-0.39, 0.29) is 16.8 Å². The van der Waals surface area contributed by atoms with Gasteiger partial charge in [-0.25, -0.2) is 8.42 Å². The van der Waals surface area contributed by atoms with Crippen molar-refractivity contribution in [2.75, 3.05) is 6.54 Å². The third-order valence-electron chi connectivity index (χ3n) is 5.54. The van der Waals surface area contributed by atoms with Gasteiger partial charge < -0.3 is 5.32 Å². The molecule has 1 aromatic carbocycles. The van der Waals surface area contributed by atoms with E-state index in [1.165, 1.54) is 17.1 Å². The van der Waals surface area contributed by atoms with Crippen LogP contribution in [-0.4, -0.2) is 46.0 Å². The number of benzene rings is 1. The van der Waals surface area contributed by atoms with Gasteiger partial charge in [-0.2, -0.15) is 13.1 Å². The number of carbonyl (C=O) groups excluding carboxylic acids is 1. The van der Waals surface area contributed by atoms with Crippen LogP contribution >= 0.6 is 11.7 Å². The summed E-state index contributed by atoms with van der Waals surface area (Å²) in [6.07, 6.45) is 7.87. The van der Waals surface area contributed by atoms with Crippen LogP contribution in [0, 0.1) is 0 Å². The number of hydrogen-bond donors (Lipinski definition) is 1. The lowest BCUT2D eigenvalue weighted by Gasteiger charge is -2.25. The maximum atomic E-state index is 13.3. The van der Waals surface area contributed by atoms with Gasteiger partial charge in [-0.1, -0.05) is 31.7 Å². The van der Waals surface area contributed by atoms with Crippen molar-refractivity contribution in [1.29, 1.82) is 0 Å². The molecule has 2 aliphatic rings. The Morgan fingerprint density at radius 3 is 2.63 bits per heavy atom. The van der Waals surface area contributed by atoms with E-state index in [0.717, 1.165) is 37.4 Å². The minimum absolute atomic E-state index is 0.142. The summed E-state index contributed by atoms with van der Waals surface area (Å²) in [5, 5.41) is 3.12. The molecule has 4 rings (SSSR count). The summed E-state index contributed by atoms with van der Waals surface area (Å²) in [7, 11) is -3.80. The number of aromatic nitrogens is 2. The minimum Gasteiger partial charge on any atom is -0.352 e. The van der Waals surface area contributed by atoms with Crippen molar-refractivity contribution in [2.24, 2.45) is 0 Å². The number of hydrogen-bond acceptors (Lipinski definition) is 6. The van der Waals surface area contributed by atoms with Crippen molar-refractivity contribution < 1.29 is 13.2 Å². The van der Waals surface area contributed by atoms with Crippen LogP contribution in [0.4, 0.5) is 0 Å². The molecule has 9 heteroatoms. The number of carbonyl (C=O) groups is 1. The average molecular weight is 409 g/mol. The molecule has 1 saturated carbocycles. The van der Waals surface area contributed by atoms with E-state index in [9.17, 15) is 13.2 Å². The summed E-state index contributed by atoms with van der Waals surface area (Å²) in [6, 6.07) is 4.50. The van der Waals surface area contributed by atoms with Crippen molar-refractivity contribution in [3.63, 3.8) is 0 Å². The van der Waals surface area contributed by atoms with Gasteiger partial charge in [-0.3, -0.25) is 4.79 Å². The number of fused-ring (bicyclic) bond motifs is 1. The Bertz CT molecular complexity index is 920. The van der Waals surface area contributed by atoms with E-state index in [1.807, 2.05) is 0 Å². The molecule has 27 heavy (non-hydrogen) atoms. The highest BCUT2D eigenvalue weighted by Crippen LogP contribution is 2.30. The van der Waals surface area contributed by atoms with Crippen LogP contribution in [0.3, 0.4) is 0 Å². The Balaban J connectivity index is 1.56. The summed E-state index contributed by atoms with van der Waals surface area (Å²) in [5.41, 5.74) is 0.956. The lowest BCUT2D eigenvalue weighted by Crippen LogP contribution is -2.48. The summed E-state index contributed by atoms with van der Waals surface area (Å²) < 4.78 is 36.2. The highest BCUT2D eigenvalue weighted by Gasteiger charge is 2.40. The molecule has 2 heterocycles. The van der Waals surface area contributed by atoms with E-state index in [4.69, 9.17) is 0 Å². The molecule has 2 aromatic rings. The van der Waals surface area contributed by atoms with E-state index in [1.54, 1.807) is 18.2 Å². The summed E-state index contributed by atoms with van der Waals surface area (Å²) in [5.74, 6) is -0.161. The predicted molar refractivity (Wildman–Crippen MR) is 104 cm³/mol. The van der Waals surface area contributed by atoms with Crippen LogP contribution in [0.2, 0.25) is 0 Å². The number of nitrogens with one attached hydrogen (secondary N) is 1. The smallest absolute Gasteiger partial charge is 0.246 e. The molecular weight excluding hydrogens is 384 g/mol. The zero-order valence-electron chi connectivity index (χ0n) is 15.1. The molecule has 1 amide bonds. The zero-order valence-corrected chi connectivity index (χ0v) is 16.8. The van der Waals surface area contributed by atoms with Crippen molar-refractivity contribution in [2.45, 2.75) is 68.3 Å². The van der Waals surface area contributed by atoms with Crippen molar-refractivity contribution in [3.8, 4) is 0 Å². The third kappa shape index (κ3) is 3.72. The first kappa shape index (κ1) is 18.8. The lowest BCUT2D eigenvalue weighted by molar-refractivity contribution is -0.125. The van der Waals surface area contributed by atoms with Gasteiger partial charge in [0, 0.05) is 12.6 Å². The molecule has 1 aromatic heterocycles. The molecule has 1 aliphatic heterocycles. The first-order chi connectivity index (χ1) is 13.1. The molecule has 0 bridgehead atoms. The molecule has 1 saturated heterocycles. The van der Waals surface area contributed by atoms with E-state index in [2.05, 4.69) is 14.1 Å². The molecular formula is C18H24N4O3S2. The number of amides is 1. The fraction of sp³-hybridized carbons (Fsp3) is 0.611. The summed E-state index contributed by atoms with van der Waals surface area (Å²) in [6.45, 7) is 0.360. The summed E-state index contributed by atoms with van der Waals surface area (Å²) in [4.78, 5) is 13.0. The van der Waals surface area contributed by atoms with Crippen molar-refractivity contribution in [1.82, 2.24) is 18.4 Å². The van der Waals surface area contributed by atoms with E-state index in [0.29, 0.717) is 30.4 Å². The first-order valence-electron chi connectivity index (χ1n) is 9.61. The van der Waals surface area contributed by atoms with E-state index < -0.39 is 16.1 Å². The van der Waals surface area contributed by atoms with E-state index >= 15 is 0 Å². The number of rotatable bonds is 4. The first-order valence-corrected chi connectivity index (χ1v) is 11.8. The quantitative estimate of drug-likeness (QED) is 0.785. The highest BCUT2D eigenvalue weighted by molar-refractivity contribution is 7.89. The van der Waals surface area contributed by atoms with Gasteiger partial charge in [0.15, 0.2) is 0 Å². The van der Waals surface area contributed by atoms with Crippen LogP contribution in [0.25, 0.3) is 11.0 Å². The SMILES string of the molecule is O=C(NC1CCCCCC1)[C@@H]1CCCN1S(=O)(=O)c1cccc2nsnc12. The van der Waals surface area contributed by atoms with Gasteiger partial charge in [-0.05, 0) is 37.8 Å². The van der Waals surface area contributed by atoms with Gasteiger partial charge in [0.1, 0.15) is 22.0 Å². The fourth-order valence-corrected chi connectivity index (χ4v) is 6.54. The third-order valence-corrected chi connectivity index (χ3v) is 8.03. The monoisotopic (exact) mass is 408 g/mol. The van der Waals surface area contributed by atoms with Crippen LogP contribution in [0.15, 0.2) is 23.1 Å². The molecule has 0 spiro atoms. The second-order valence-corrected chi connectivity index (χ2v) is 9.75. The van der Waals surface area contributed by atoms with Crippen molar-refractivity contribution >= 4 is 38.7 Å². The second-order valence-electron chi connectivity index (χ2n) is 7.36. The highest BCUT2D eigenvalue weighted by atomic mass is 32.2. The Labute approximate surface area is 163 Å². The van der Waals surface area contributed by atoms with Gasteiger partial charge >= 0.3 is 0 Å². The largest absolute Gasteiger partial charge is 0.352 e. The van der Waals surface area contributed by atoms with Crippen LogP contribution < -0.4 is 5.32 Å². The molecule has 1 N–H and O–H groups in total. The molecule has 0 unspecified atom stereocenters. The second kappa shape index (κ2) is 7.81. The van der Waals surface area contributed by atoms with Crippen LogP contribution in [0.5, 0.6) is 0 Å². The Kier molecular flexibility index (Phi) is 5.43. The van der Waals surface area contributed by atoms with Crippen LogP contribution in [-0.2, 0) is 14.8 Å². The van der Waals surface area contributed by atoms with Gasteiger partial charge in [0.25, 0.3) is 0 Å². The van der Waals surface area contributed by atoms with Crippen molar-refractivity contribution in [3.05, 3.63) is 18.2 Å². The topological polar surface area (TPSA) is 92.3 Å². The molecule has 146 valence electrons. The lowest BCUT2D eigenvalue weighted by atomic mass is 10.1. The summed E-state index contributed by atoms with van der Waals surface area (Å²) >= 11 is 0.996. The Morgan fingerprint density at radius 2 is 1.85 bits per heavy atom. The minimum atomic E-state index is -3.80. The number of sulfonamides is 1. The van der Waals surface area contributed by atoms with Gasteiger partial charge in [0.2, 0.25) is 15.9 Å². The fourth-order valence-electron chi connectivity index (χ4n) is 4.13. The molecule has 1 aliphatic carbocycles. The van der Waals surface area contributed by atoms with Gasteiger partial charge in [0.05, 0.1) is 11.7 Å². The Morgan fingerprint density at radius 1 is 1.07 bits per heavy atom. The zero-order chi connectivity index (χ0) is 18.9. The molecule has 2 fully saturated rings. The average Bonchev–Trinajstić information content (AvgIpc) is 3.27. The predicted octanol–water partition coefficient (Wildman–Crippen LogP) is 2.68. The normalized spacial score (nSPS) is 22.7. The molecule has 0 radical (unpaired) electrons.